The molecule has 0 spiro atoms. The second-order valence-electron chi connectivity index (χ2n) is 4.81. The number of imide groups is 1. The Morgan fingerprint density at radius 2 is 2.23 bits per heavy atom. The average Bonchev–Trinajstić information content (AvgIpc) is 2.77. The Morgan fingerprint density at radius 1 is 1.59 bits per heavy atom. The highest BCUT2D eigenvalue weighted by Crippen LogP contribution is 2.37. The van der Waals surface area contributed by atoms with Gasteiger partial charge in [0.25, 0.3) is 10.2 Å². The van der Waals surface area contributed by atoms with Gasteiger partial charge >= 0.3 is 12.0 Å². The molecule has 0 saturated carbocycles. The number of rotatable bonds is 3. The Labute approximate surface area is 134 Å². The van der Waals surface area contributed by atoms with Gasteiger partial charge in [0.2, 0.25) is 6.23 Å². The molecular weight excluding hydrogens is 346 g/mol. The van der Waals surface area contributed by atoms with Gasteiger partial charge in [0, 0.05) is 13.3 Å². The molecule has 2 unspecified atom stereocenters. The van der Waals surface area contributed by atoms with Crippen molar-refractivity contribution in [1.82, 2.24) is 10.2 Å². The quantitative estimate of drug-likeness (QED) is 0.545. The van der Waals surface area contributed by atoms with Crippen LogP contribution in [0.25, 0.3) is 0 Å². The van der Waals surface area contributed by atoms with Gasteiger partial charge in [-0.15, -0.1) is 0 Å². The summed E-state index contributed by atoms with van der Waals surface area (Å²) in [6.45, 7) is 0.431. The number of carbonyl (C=O) groups excluding carboxylic acids is 3. The van der Waals surface area contributed by atoms with Gasteiger partial charge in [0.1, 0.15) is 18.5 Å². The molecule has 0 aromatic carbocycles. The number of esters is 1. The van der Waals surface area contributed by atoms with Crippen LogP contribution in [0.15, 0.2) is 0 Å². The van der Waals surface area contributed by atoms with Crippen molar-refractivity contribution in [3.8, 4) is 0 Å². The molecule has 8 nitrogen and oxygen atoms in total. The Morgan fingerprint density at radius 3 is 2.73 bits per heavy atom. The number of hydrogen-bond donors (Lipinski definition) is 2. The molecular formula is C11H13Cl2FN2O6. The van der Waals surface area contributed by atoms with Gasteiger partial charge in [-0.1, -0.05) is 23.2 Å². The van der Waals surface area contributed by atoms with Crippen LogP contribution in [0, 0.1) is 0 Å². The zero-order chi connectivity index (χ0) is 16.7. The highest BCUT2D eigenvalue weighted by Gasteiger charge is 2.58. The standard InChI is InChI=1S/C11H13Cl2FN2O6/c1-4(18)21-9-11(12,13)8(19)15-10(20)16(9)7-2-5(14)6(3-17)22-7/h5-7,9,17H,2-3H2,1H3,(H,15,19,20)/t5?,6-,7-,9?/m0/s1. The first-order chi connectivity index (χ1) is 10.2. The van der Waals surface area contributed by atoms with Crippen LogP contribution in [0.5, 0.6) is 0 Å². The molecule has 4 atom stereocenters. The molecule has 2 rings (SSSR count). The van der Waals surface area contributed by atoms with Crippen LogP contribution in [0.2, 0.25) is 0 Å². The molecule has 2 aliphatic rings. The van der Waals surface area contributed by atoms with Gasteiger partial charge < -0.3 is 14.6 Å². The maximum absolute atomic E-state index is 13.7. The van der Waals surface area contributed by atoms with Crippen molar-refractivity contribution in [2.24, 2.45) is 0 Å². The Bertz CT molecular complexity index is 505. The summed E-state index contributed by atoms with van der Waals surface area (Å²) in [4.78, 5) is 35.6. The summed E-state index contributed by atoms with van der Waals surface area (Å²) in [7, 11) is 0. The molecule has 2 fully saturated rings. The van der Waals surface area contributed by atoms with Gasteiger partial charge in [-0.05, 0) is 0 Å². The van der Waals surface area contributed by atoms with E-state index in [0.717, 1.165) is 11.8 Å². The van der Waals surface area contributed by atoms with Crippen molar-refractivity contribution in [2.75, 3.05) is 6.61 Å². The number of amides is 3. The molecule has 2 saturated heterocycles. The monoisotopic (exact) mass is 358 g/mol. The normalized spacial score (nSPS) is 34.5. The number of ether oxygens (including phenoxy) is 2. The molecule has 11 heteroatoms. The van der Waals surface area contributed by atoms with E-state index in [4.69, 9.17) is 37.8 Å². The highest BCUT2D eigenvalue weighted by molar-refractivity contribution is 6.59. The lowest BCUT2D eigenvalue weighted by molar-refractivity contribution is -0.172. The molecule has 2 N–H and O–H groups in total. The molecule has 2 heterocycles. The fraction of sp³-hybridized carbons (Fsp3) is 0.727. The predicted octanol–water partition coefficient (Wildman–Crippen LogP) is 0.0467. The molecule has 0 aromatic heterocycles. The Hall–Kier alpha value is -1.16. The van der Waals surface area contributed by atoms with Crippen LogP contribution >= 0.6 is 23.2 Å². The van der Waals surface area contributed by atoms with E-state index in [1.54, 1.807) is 0 Å². The summed E-state index contributed by atoms with van der Waals surface area (Å²) < 4.78 is 21.5. The van der Waals surface area contributed by atoms with Gasteiger partial charge in [-0.3, -0.25) is 19.8 Å². The molecule has 3 amide bonds. The van der Waals surface area contributed by atoms with Crippen molar-refractivity contribution in [3.63, 3.8) is 0 Å². The number of carbonyl (C=O) groups is 3. The van der Waals surface area contributed by atoms with Crippen LogP contribution in [-0.4, -0.2) is 63.6 Å². The summed E-state index contributed by atoms with van der Waals surface area (Å²) in [5, 5.41) is 10.9. The van der Waals surface area contributed by atoms with Crippen molar-refractivity contribution < 1.29 is 33.4 Å². The fourth-order valence-corrected chi connectivity index (χ4v) is 2.63. The second-order valence-corrected chi connectivity index (χ2v) is 6.20. The number of halogens is 3. The fourth-order valence-electron chi connectivity index (χ4n) is 2.23. The van der Waals surface area contributed by atoms with Crippen LogP contribution in [0.3, 0.4) is 0 Å². The highest BCUT2D eigenvalue weighted by atomic mass is 35.5. The topological polar surface area (TPSA) is 105 Å². The third-order valence-electron chi connectivity index (χ3n) is 3.25. The van der Waals surface area contributed by atoms with E-state index in [9.17, 15) is 18.8 Å². The first kappa shape index (κ1) is 17.2. The van der Waals surface area contributed by atoms with Crippen molar-refractivity contribution in [3.05, 3.63) is 0 Å². The van der Waals surface area contributed by atoms with Gasteiger partial charge in [0.05, 0.1) is 6.61 Å². The minimum absolute atomic E-state index is 0.297. The van der Waals surface area contributed by atoms with E-state index < -0.39 is 53.6 Å². The lowest BCUT2D eigenvalue weighted by Crippen LogP contribution is -2.68. The summed E-state index contributed by atoms with van der Waals surface area (Å²) in [5.41, 5.74) is 0. The zero-order valence-corrected chi connectivity index (χ0v) is 12.8. The largest absolute Gasteiger partial charge is 0.438 e. The molecule has 0 aliphatic carbocycles. The minimum Gasteiger partial charge on any atom is -0.438 e. The van der Waals surface area contributed by atoms with Gasteiger partial charge in [0.15, 0.2) is 0 Å². The number of aliphatic hydroxyl groups is 1. The van der Waals surface area contributed by atoms with Gasteiger partial charge in [-0.2, -0.15) is 0 Å². The predicted molar refractivity (Wildman–Crippen MR) is 70.6 cm³/mol. The van der Waals surface area contributed by atoms with Gasteiger partial charge in [-0.25, -0.2) is 9.18 Å². The lowest BCUT2D eigenvalue weighted by Gasteiger charge is -2.42. The van der Waals surface area contributed by atoms with E-state index in [-0.39, 0.29) is 6.42 Å². The number of alkyl halides is 3. The summed E-state index contributed by atoms with van der Waals surface area (Å²) in [5.74, 6) is -1.92. The van der Waals surface area contributed by atoms with Crippen LogP contribution < -0.4 is 5.32 Å². The average molecular weight is 359 g/mol. The Balaban J connectivity index is 2.31. The second kappa shape index (κ2) is 6.15. The van der Waals surface area contributed by atoms with E-state index in [1.807, 2.05) is 5.32 Å². The molecule has 2 aliphatic heterocycles. The Kier molecular flexibility index (Phi) is 4.81. The van der Waals surface area contributed by atoms with Crippen molar-refractivity contribution >= 4 is 41.1 Å². The first-order valence-electron chi connectivity index (χ1n) is 6.27. The molecule has 0 radical (unpaired) electrons. The smallest absolute Gasteiger partial charge is 0.329 e. The zero-order valence-electron chi connectivity index (χ0n) is 11.3. The van der Waals surface area contributed by atoms with Crippen LogP contribution in [0.4, 0.5) is 9.18 Å². The molecule has 0 aromatic rings. The number of aliphatic hydroxyl groups excluding tert-OH is 1. The van der Waals surface area contributed by atoms with E-state index in [0.29, 0.717) is 0 Å². The molecule has 0 bridgehead atoms. The third kappa shape index (κ3) is 2.98. The maximum atomic E-state index is 13.7. The van der Waals surface area contributed by atoms with E-state index >= 15 is 0 Å². The molecule has 124 valence electrons. The number of nitrogens with one attached hydrogen (secondary N) is 1. The number of hydrogen-bond acceptors (Lipinski definition) is 6. The third-order valence-corrected chi connectivity index (χ3v) is 3.97. The first-order valence-corrected chi connectivity index (χ1v) is 7.03. The number of urea groups is 1. The minimum atomic E-state index is -2.29. The lowest BCUT2D eigenvalue weighted by atomic mass is 10.2. The van der Waals surface area contributed by atoms with E-state index in [2.05, 4.69) is 0 Å². The van der Waals surface area contributed by atoms with E-state index in [1.165, 1.54) is 0 Å². The maximum Gasteiger partial charge on any atom is 0.329 e. The van der Waals surface area contributed by atoms with Crippen molar-refractivity contribution in [1.29, 1.82) is 0 Å². The van der Waals surface area contributed by atoms with Crippen LogP contribution in [-0.2, 0) is 19.1 Å². The van der Waals surface area contributed by atoms with Crippen LogP contribution in [0.1, 0.15) is 13.3 Å². The van der Waals surface area contributed by atoms with Crippen molar-refractivity contribution in [2.45, 2.75) is 42.4 Å². The summed E-state index contributed by atoms with van der Waals surface area (Å²) in [6.07, 6.45) is -5.88. The summed E-state index contributed by atoms with van der Waals surface area (Å²) >= 11 is 11.7. The SMILES string of the molecule is CC(=O)OC1N([C@@H]2CC(F)[C@H](CO)O2)C(=O)NC(=O)C1(Cl)Cl. The summed E-state index contributed by atoms with van der Waals surface area (Å²) in [6, 6.07) is -0.996. The number of nitrogens with zero attached hydrogens (tertiary/aromatic N) is 1. The molecule has 22 heavy (non-hydrogen) atoms.